The van der Waals surface area contributed by atoms with Gasteiger partial charge in [0.2, 0.25) is 0 Å². The smallest absolute Gasteiger partial charge is 0.0304 e. The Bertz CT molecular complexity index is 213. The molecule has 108 valence electrons. The van der Waals surface area contributed by atoms with Crippen LogP contribution in [0.5, 0.6) is 0 Å². The van der Waals surface area contributed by atoms with Crippen LogP contribution in [0.2, 0.25) is 0 Å². The van der Waals surface area contributed by atoms with E-state index in [0.29, 0.717) is 0 Å². The van der Waals surface area contributed by atoms with Crippen molar-refractivity contribution in [2.45, 2.75) is 77.7 Å². The zero-order valence-corrected chi connectivity index (χ0v) is 12.8. The van der Waals surface area contributed by atoms with Gasteiger partial charge in [-0.05, 0) is 37.6 Å². The lowest BCUT2D eigenvalue weighted by Gasteiger charge is -2.34. The van der Waals surface area contributed by atoms with Gasteiger partial charge in [-0.2, -0.15) is 0 Å². The monoisotopic (exact) mass is 254 g/mol. The Labute approximate surface area is 114 Å². The number of nitrogens with two attached hydrogens (primary N) is 1. The molecule has 3 N–H and O–H groups in total. The van der Waals surface area contributed by atoms with Crippen molar-refractivity contribution >= 4 is 0 Å². The van der Waals surface area contributed by atoms with Gasteiger partial charge in [0.15, 0.2) is 0 Å². The Morgan fingerprint density at radius 1 is 1.17 bits per heavy atom. The molecule has 2 heteroatoms. The molecule has 0 aromatic heterocycles. The molecule has 0 bridgehead atoms. The molecule has 0 radical (unpaired) electrons. The highest BCUT2D eigenvalue weighted by atomic mass is 15.0. The first-order valence-electron chi connectivity index (χ1n) is 8.14. The Morgan fingerprint density at radius 3 is 2.44 bits per heavy atom. The van der Waals surface area contributed by atoms with E-state index in [1.165, 1.54) is 51.4 Å². The topological polar surface area (TPSA) is 38.0 Å². The molecule has 0 heterocycles. The predicted octanol–water partition coefficient (Wildman–Crippen LogP) is 3.70. The molecule has 1 fully saturated rings. The van der Waals surface area contributed by atoms with Crippen LogP contribution in [-0.2, 0) is 0 Å². The summed E-state index contributed by atoms with van der Waals surface area (Å²) in [6.45, 7) is 8.89. The minimum absolute atomic E-state index is 0.243. The average molecular weight is 254 g/mol. The van der Waals surface area contributed by atoms with Gasteiger partial charge in [-0.15, -0.1) is 0 Å². The average Bonchev–Trinajstić information content (AvgIpc) is 2.63. The summed E-state index contributed by atoms with van der Waals surface area (Å²) in [5, 5.41) is 3.85. The van der Waals surface area contributed by atoms with Crippen LogP contribution in [-0.4, -0.2) is 18.6 Å². The molecule has 1 saturated carbocycles. The van der Waals surface area contributed by atoms with E-state index in [4.69, 9.17) is 5.73 Å². The second kappa shape index (κ2) is 8.16. The molecule has 0 amide bonds. The van der Waals surface area contributed by atoms with Crippen LogP contribution in [0.25, 0.3) is 0 Å². The molecule has 0 aromatic carbocycles. The first kappa shape index (κ1) is 16.0. The number of hydrogen-bond acceptors (Lipinski definition) is 2. The van der Waals surface area contributed by atoms with E-state index in [1.807, 2.05) is 0 Å². The van der Waals surface area contributed by atoms with E-state index in [2.05, 4.69) is 26.1 Å². The maximum absolute atomic E-state index is 6.10. The van der Waals surface area contributed by atoms with Gasteiger partial charge in [-0.3, -0.25) is 0 Å². The lowest BCUT2D eigenvalue weighted by atomic mass is 9.88. The molecular weight excluding hydrogens is 220 g/mol. The fraction of sp³-hybridized carbons (Fsp3) is 1.00. The van der Waals surface area contributed by atoms with Gasteiger partial charge in [0.1, 0.15) is 0 Å². The van der Waals surface area contributed by atoms with Gasteiger partial charge in [-0.25, -0.2) is 0 Å². The third-order valence-electron chi connectivity index (χ3n) is 5.19. The molecule has 1 rings (SSSR count). The summed E-state index contributed by atoms with van der Waals surface area (Å²) < 4.78 is 0. The summed E-state index contributed by atoms with van der Waals surface area (Å²) in [4.78, 5) is 0. The summed E-state index contributed by atoms with van der Waals surface area (Å²) >= 11 is 0. The highest BCUT2D eigenvalue weighted by molar-refractivity contribution is 4.92. The van der Waals surface area contributed by atoms with Crippen LogP contribution in [0.15, 0.2) is 0 Å². The van der Waals surface area contributed by atoms with Gasteiger partial charge < -0.3 is 11.1 Å². The molecule has 0 saturated heterocycles. The van der Waals surface area contributed by atoms with Crippen LogP contribution >= 0.6 is 0 Å². The van der Waals surface area contributed by atoms with E-state index in [0.717, 1.165) is 24.9 Å². The van der Waals surface area contributed by atoms with Gasteiger partial charge in [0, 0.05) is 12.1 Å². The van der Waals surface area contributed by atoms with Gasteiger partial charge in [0.05, 0.1) is 0 Å². The van der Waals surface area contributed by atoms with Crippen molar-refractivity contribution in [1.82, 2.24) is 5.32 Å². The summed E-state index contributed by atoms with van der Waals surface area (Å²) in [6, 6.07) is 0. The van der Waals surface area contributed by atoms with E-state index in [-0.39, 0.29) is 5.54 Å². The Kier molecular flexibility index (Phi) is 7.25. The summed E-state index contributed by atoms with van der Waals surface area (Å²) in [6.07, 6.45) is 10.6. The lowest BCUT2D eigenvalue weighted by Crippen LogP contribution is -2.52. The van der Waals surface area contributed by atoms with E-state index in [1.54, 1.807) is 0 Å². The molecule has 1 aliphatic rings. The quantitative estimate of drug-likeness (QED) is 0.680. The number of rotatable bonds is 7. The van der Waals surface area contributed by atoms with Crippen LogP contribution in [0.3, 0.4) is 0 Å². The first-order chi connectivity index (χ1) is 8.69. The molecule has 18 heavy (non-hydrogen) atoms. The van der Waals surface area contributed by atoms with Crippen molar-refractivity contribution in [3.63, 3.8) is 0 Å². The van der Waals surface area contributed by atoms with Gasteiger partial charge >= 0.3 is 0 Å². The van der Waals surface area contributed by atoms with Crippen LogP contribution < -0.4 is 11.1 Å². The SMILES string of the molecule is CCC1CCCC(CN)(NCC(CC)CC)CC1. The summed E-state index contributed by atoms with van der Waals surface area (Å²) in [5.41, 5.74) is 6.34. The standard InChI is InChI=1S/C16H34N2/c1-4-14(5-2)12-18-16(13-17)10-7-8-15(6-3)9-11-16/h14-15,18H,4-13,17H2,1-3H3. The minimum atomic E-state index is 0.243. The molecule has 2 nitrogen and oxygen atoms in total. The molecule has 2 unspecified atom stereocenters. The largest absolute Gasteiger partial charge is 0.329 e. The van der Waals surface area contributed by atoms with E-state index < -0.39 is 0 Å². The van der Waals surface area contributed by atoms with Crippen LogP contribution in [0.1, 0.15) is 72.1 Å². The van der Waals surface area contributed by atoms with Crippen molar-refractivity contribution < 1.29 is 0 Å². The molecular formula is C16H34N2. The molecule has 2 atom stereocenters. The molecule has 1 aliphatic carbocycles. The van der Waals surface area contributed by atoms with E-state index >= 15 is 0 Å². The number of hydrogen-bond donors (Lipinski definition) is 2. The summed E-state index contributed by atoms with van der Waals surface area (Å²) in [5.74, 6) is 1.76. The van der Waals surface area contributed by atoms with E-state index in [9.17, 15) is 0 Å². The third-order valence-corrected chi connectivity index (χ3v) is 5.19. The fourth-order valence-corrected chi connectivity index (χ4v) is 3.28. The normalized spacial score (nSPS) is 29.5. The maximum atomic E-state index is 6.10. The Balaban J connectivity index is 2.51. The Hall–Kier alpha value is -0.0800. The number of nitrogens with one attached hydrogen (secondary N) is 1. The van der Waals surface area contributed by atoms with Gasteiger partial charge in [-0.1, -0.05) is 52.9 Å². The zero-order valence-electron chi connectivity index (χ0n) is 12.8. The Morgan fingerprint density at radius 2 is 1.89 bits per heavy atom. The highest BCUT2D eigenvalue weighted by Gasteiger charge is 2.31. The molecule has 0 spiro atoms. The minimum Gasteiger partial charge on any atom is -0.329 e. The van der Waals surface area contributed by atoms with Crippen molar-refractivity contribution in [2.75, 3.05) is 13.1 Å². The van der Waals surface area contributed by atoms with Crippen LogP contribution in [0, 0.1) is 11.8 Å². The van der Waals surface area contributed by atoms with Gasteiger partial charge in [0.25, 0.3) is 0 Å². The maximum Gasteiger partial charge on any atom is 0.0304 e. The third kappa shape index (κ3) is 4.55. The molecule has 0 aromatic rings. The first-order valence-corrected chi connectivity index (χ1v) is 8.14. The molecule has 0 aliphatic heterocycles. The van der Waals surface area contributed by atoms with Crippen molar-refractivity contribution in [2.24, 2.45) is 17.6 Å². The predicted molar refractivity (Wildman–Crippen MR) is 80.7 cm³/mol. The zero-order chi connectivity index (χ0) is 13.4. The second-order valence-corrected chi connectivity index (χ2v) is 6.25. The van der Waals surface area contributed by atoms with Crippen molar-refractivity contribution in [3.8, 4) is 0 Å². The second-order valence-electron chi connectivity index (χ2n) is 6.25. The summed E-state index contributed by atoms with van der Waals surface area (Å²) in [7, 11) is 0. The fourth-order valence-electron chi connectivity index (χ4n) is 3.28. The lowest BCUT2D eigenvalue weighted by molar-refractivity contribution is 0.264. The van der Waals surface area contributed by atoms with Crippen molar-refractivity contribution in [3.05, 3.63) is 0 Å². The highest BCUT2D eigenvalue weighted by Crippen LogP contribution is 2.31. The van der Waals surface area contributed by atoms with Crippen molar-refractivity contribution in [1.29, 1.82) is 0 Å². The van der Waals surface area contributed by atoms with Crippen LogP contribution in [0.4, 0.5) is 0 Å².